The fourth-order valence-corrected chi connectivity index (χ4v) is 1.73. The Morgan fingerprint density at radius 3 is 2.07 bits per heavy atom. The maximum Gasteiger partial charge on any atom is 0.352 e. The molecule has 0 aromatic heterocycles. The van der Waals surface area contributed by atoms with Gasteiger partial charge in [-0.1, -0.05) is 26.7 Å². The fraction of sp³-hybridized carbons (Fsp3) is 0.667. The van der Waals surface area contributed by atoms with Crippen molar-refractivity contribution >= 4 is 17.2 Å². The van der Waals surface area contributed by atoms with E-state index < -0.39 is 17.2 Å². The lowest BCUT2D eigenvalue weighted by atomic mass is 10.0. The molecule has 5 nitrogen and oxygen atoms in total. The lowest BCUT2D eigenvalue weighted by Crippen LogP contribution is -2.24. The maximum atomic E-state index is 10.8. The van der Waals surface area contributed by atoms with Crippen molar-refractivity contribution < 1.29 is 18.7 Å². The minimum atomic E-state index is -2.58. The van der Waals surface area contributed by atoms with Crippen LogP contribution in [0.15, 0.2) is 11.3 Å². The molecule has 1 atom stereocenters. The summed E-state index contributed by atoms with van der Waals surface area (Å²) in [5.41, 5.74) is 0.448. The highest BCUT2D eigenvalue weighted by molar-refractivity contribution is 7.77. The molecule has 0 aromatic rings. The summed E-state index contributed by atoms with van der Waals surface area (Å²) < 4.78 is 22.8. The molecule has 0 amide bonds. The van der Waals surface area contributed by atoms with Crippen molar-refractivity contribution in [1.82, 2.24) is 4.72 Å². The summed E-state index contributed by atoms with van der Waals surface area (Å²) in [6.45, 7) is 3.84. The lowest BCUT2D eigenvalue weighted by Gasteiger charge is -2.14. The van der Waals surface area contributed by atoms with E-state index in [1.54, 1.807) is 0 Å². The van der Waals surface area contributed by atoms with Crippen LogP contribution in [0.2, 0.25) is 0 Å². The van der Waals surface area contributed by atoms with E-state index in [1.165, 1.54) is 0 Å². The van der Waals surface area contributed by atoms with Gasteiger partial charge in [0.1, 0.15) is 5.70 Å². The van der Waals surface area contributed by atoms with Gasteiger partial charge in [-0.3, -0.25) is 4.21 Å². The number of allylic oxidation sites excluding steroid dienone is 1. The van der Waals surface area contributed by atoms with Gasteiger partial charge in [-0.2, -0.15) is 0 Å². The zero-order valence-electron chi connectivity index (χ0n) is 8.91. The molecule has 0 fully saturated rings. The van der Waals surface area contributed by atoms with Crippen molar-refractivity contribution in [3.63, 3.8) is 0 Å². The molecule has 0 rings (SSSR count). The van der Waals surface area contributed by atoms with Gasteiger partial charge in [0.15, 0.2) is 0 Å². The first-order valence-electron chi connectivity index (χ1n) is 4.84. The van der Waals surface area contributed by atoms with Crippen molar-refractivity contribution in [3.05, 3.63) is 11.3 Å². The quantitative estimate of drug-likeness (QED) is 0.513. The van der Waals surface area contributed by atoms with Crippen molar-refractivity contribution in [2.24, 2.45) is 0 Å². The number of carbonyl (C=O) groups is 1. The highest BCUT2D eigenvalue weighted by Gasteiger charge is 2.13. The first kappa shape index (κ1) is 14.1. The highest BCUT2D eigenvalue weighted by atomic mass is 32.2. The first-order valence-corrected chi connectivity index (χ1v) is 5.91. The molecule has 6 heteroatoms. The molecule has 0 heterocycles. The molecular weight excluding hydrogens is 218 g/mol. The minimum Gasteiger partial charge on any atom is -0.755 e. The highest BCUT2D eigenvalue weighted by Crippen LogP contribution is 2.16. The van der Waals surface area contributed by atoms with Crippen molar-refractivity contribution in [2.75, 3.05) is 0 Å². The number of carboxylic acids is 1. The SMILES string of the molecule is CCCC(CCC)=C(NS(=O)[O-])C(=O)O. The van der Waals surface area contributed by atoms with Crippen LogP contribution >= 0.6 is 0 Å². The van der Waals surface area contributed by atoms with Crippen LogP contribution in [0.5, 0.6) is 0 Å². The van der Waals surface area contributed by atoms with E-state index in [-0.39, 0.29) is 5.70 Å². The number of nitrogens with one attached hydrogen (secondary N) is 1. The predicted octanol–water partition coefficient (Wildman–Crippen LogP) is 1.31. The second-order valence-corrected chi connectivity index (χ2v) is 3.79. The Bertz CT molecular complexity index is 267. The van der Waals surface area contributed by atoms with Gasteiger partial charge < -0.3 is 14.4 Å². The van der Waals surface area contributed by atoms with Crippen LogP contribution in [-0.4, -0.2) is 19.8 Å². The molecule has 0 saturated heterocycles. The van der Waals surface area contributed by atoms with Gasteiger partial charge in [0, 0.05) is 11.3 Å². The largest absolute Gasteiger partial charge is 0.755 e. The van der Waals surface area contributed by atoms with Crippen molar-refractivity contribution in [3.8, 4) is 0 Å². The average molecular weight is 234 g/mol. The first-order chi connectivity index (χ1) is 7.02. The lowest BCUT2D eigenvalue weighted by molar-refractivity contribution is -0.133. The Labute approximate surface area is 92.0 Å². The van der Waals surface area contributed by atoms with Crippen LogP contribution in [0, 0.1) is 0 Å². The molecule has 88 valence electrons. The normalized spacial score (nSPS) is 11.9. The molecule has 0 spiro atoms. The van der Waals surface area contributed by atoms with E-state index in [0.29, 0.717) is 18.4 Å². The number of carboxylic acid groups (broad SMARTS) is 1. The molecule has 0 saturated carbocycles. The van der Waals surface area contributed by atoms with Crippen LogP contribution in [0.4, 0.5) is 0 Å². The molecule has 0 aliphatic heterocycles. The molecule has 2 N–H and O–H groups in total. The molecule has 0 aromatic carbocycles. The van der Waals surface area contributed by atoms with Gasteiger partial charge >= 0.3 is 5.97 Å². The smallest absolute Gasteiger partial charge is 0.352 e. The minimum absolute atomic E-state index is 0.202. The van der Waals surface area contributed by atoms with Crippen molar-refractivity contribution in [1.29, 1.82) is 0 Å². The van der Waals surface area contributed by atoms with Gasteiger partial charge in [0.2, 0.25) is 0 Å². The van der Waals surface area contributed by atoms with Crippen LogP contribution in [0.25, 0.3) is 0 Å². The molecule has 0 bridgehead atoms. The van der Waals surface area contributed by atoms with E-state index in [0.717, 1.165) is 12.8 Å². The third-order valence-electron chi connectivity index (χ3n) is 1.86. The molecule has 1 unspecified atom stereocenters. The van der Waals surface area contributed by atoms with E-state index in [4.69, 9.17) is 5.11 Å². The molecular formula is C9H16NO4S-. The third-order valence-corrected chi connectivity index (χ3v) is 2.23. The summed E-state index contributed by atoms with van der Waals surface area (Å²) in [4.78, 5) is 10.8. The standard InChI is InChI=1S/C9H17NO4S/c1-3-5-7(6-4-2)8(9(11)12)10-15(13)14/h10H,3-6H2,1-2H3,(H,11,12)(H,13,14)/p-1. The van der Waals surface area contributed by atoms with Crippen LogP contribution in [0.1, 0.15) is 39.5 Å². The van der Waals surface area contributed by atoms with E-state index >= 15 is 0 Å². The zero-order valence-corrected chi connectivity index (χ0v) is 9.73. The van der Waals surface area contributed by atoms with Gasteiger partial charge in [-0.15, -0.1) is 0 Å². The second kappa shape index (κ2) is 7.42. The monoisotopic (exact) mass is 234 g/mol. The predicted molar refractivity (Wildman–Crippen MR) is 56.5 cm³/mol. The number of aliphatic carboxylic acids is 1. The summed E-state index contributed by atoms with van der Waals surface area (Å²) in [5, 5.41) is 8.85. The summed E-state index contributed by atoms with van der Waals surface area (Å²) >= 11 is -2.58. The number of hydrogen-bond donors (Lipinski definition) is 2. The van der Waals surface area contributed by atoms with Gasteiger partial charge in [0.05, 0.1) is 0 Å². The van der Waals surface area contributed by atoms with E-state index in [9.17, 15) is 13.6 Å². The second-order valence-electron chi connectivity index (χ2n) is 3.12. The summed E-state index contributed by atoms with van der Waals surface area (Å²) in [6, 6.07) is 0. The third kappa shape index (κ3) is 5.54. The van der Waals surface area contributed by atoms with Crippen LogP contribution in [-0.2, 0) is 16.1 Å². The van der Waals surface area contributed by atoms with E-state index in [2.05, 4.69) is 0 Å². The van der Waals surface area contributed by atoms with Crippen molar-refractivity contribution in [2.45, 2.75) is 39.5 Å². The van der Waals surface area contributed by atoms with Crippen LogP contribution in [0.3, 0.4) is 0 Å². The fourth-order valence-electron chi connectivity index (χ4n) is 1.33. The Hall–Kier alpha value is -0.880. The Balaban J connectivity index is 4.94. The molecule has 15 heavy (non-hydrogen) atoms. The Kier molecular flexibility index (Phi) is 6.98. The molecule has 0 radical (unpaired) electrons. The maximum absolute atomic E-state index is 10.8. The number of rotatable bonds is 7. The van der Waals surface area contributed by atoms with Crippen LogP contribution < -0.4 is 4.72 Å². The van der Waals surface area contributed by atoms with Gasteiger partial charge in [-0.25, -0.2) is 4.79 Å². The van der Waals surface area contributed by atoms with E-state index in [1.807, 2.05) is 18.6 Å². The summed E-state index contributed by atoms with van der Waals surface area (Å²) in [7, 11) is 0. The van der Waals surface area contributed by atoms with Gasteiger partial charge in [0.25, 0.3) is 0 Å². The zero-order chi connectivity index (χ0) is 11.8. The topological polar surface area (TPSA) is 89.5 Å². The average Bonchev–Trinajstić information content (AvgIpc) is 2.13. The molecule has 0 aliphatic carbocycles. The Morgan fingerprint density at radius 2 is 1.80 bits per heavy atom. The molecule has 0 aliphatic rings. The summed E-state index contributed by atoms with van der Waals surface area (Å²) in [5.74, 6) is -1.23. The number of hydrogen-bond acceptors (Lipinski definition) is 3. The Morgan fingerprint density at radius 1 is 1.33 bits per heavy atom. The van der Waals surface area contributed by atoms with Gasteiger partial charge in [-0.05, 0) is 18.4 Å². The summed E-state index contributed by atoms with van der Waals surface area (Å²) in [6.07, 6.45) is 2.78.